The maximum absolute atomic E-state index is 9.56. The van der Waals surface area contributed by atoms with Crippen molar-refractivity contribution in [2.24, 2.45) is 0 Å². The fraction of sp³-hybridized carbons (Fsp3) is 0.273. The first-order valence-electron chi connectivity index (χ1n) is 4.64. The summed E-state index contributed by atoms with van der Waals surface area (Å²) in [5, 5.41) is 12.6. The molecule has 1 rings (SSSR count). The quantitative estimate of drug-likeness (QED) is 0.386. The van der Waals surface area contributed by atoms with Gasteiger partial charge in [-0.3, -0.25) is 0 Å². The lowest BCUT2D eigenvalue weighted by molar-refractivity contribution is 0.476. The van der Waals surface area contributed by atoms with Crippen LogP contribution in [0.2, 0.25) is 0 Å². The number of para-hydroxylation sites is 1. The second-order valence-electron chi connectivity index (χ2n) is 3.08. The van der Waals surface area contributed by atoms with E-state index in [2.05, 4.69) is 5.32 Å². The Balaban J connectivity index is 2.67. The zero-order chi connectivity index (χ0) is 10.4. The number of aromatic hydroxyl groups is 1. The van der Waals surface area contributed by atoms with Crippen LogP contribution in [0.15, 0.2) is 24.3 Å². The number of hydrogen-bond acceptors (Lipinski definition) is 3. The van der Waals surface area contributed by atoms with Crippen molar-refractivity contribution in [3.63, 3.8) is 0 Å². The third kappa shape index (κ3) is 2.78. The Morgan fingerprint density at radius 2 is 2.29 bits per heavy atom. The monoisotopic (exact) mass is 192 g/mol. The first-order chi connectivity index (χ1) is 6.75. The fourth-order valence-electron chi connectivity index (χ4n) is 1.15. The van der Waals surface area contributed by atoms with Crippen LogP contribution in [0.25, 0.3) is 6.08 Å². The van der Waals surface area contributed by atoms with Gasteiger partial charge in [-0.15, -0.1) is 0 Å². The largest absolute Gasteiger partial charge is 0.505 e. The highest BCUT2D eigenvalue weighted by molar-refractivity contribution is 5.66. The zero-order valence-corrected chi connectivity index (χ0v) is 8.33. The minimum Gasteiger partial charge on any atom is -0.505 e. The number of hydrogen-bond donors (Lipinski definition) is 3. The van der Waals surface area contributed by atoms with Gasteiger partial charge in [0.1, 0.15) is 5.75 Å². The smallest absolute Gasteiger partial charge is 0.145 e. The topological polar surface area (TPSA) is 58.3 Å². The molecule has 0 atom stereocenters. The van der Waals surface area contributed by atoms with Crippen molar-refractivity contribution in [2.45, 2.75) is 6.42 Å². The third-order valence-corrected chi connectivity index (χ3v) is 1.96. The van der Waals surface area contributed by atoms with Crippen LogP contribution in [0.3, 0.4) is 0 Å². The van der Waals surface area contributed by atoms with Crippen LogP contribution >= 0.6 is 0 Å². The van der Waals surface area contributed by atoms with Crippen LogP contribution in [-0.2, 0) is 0 Å². The molecule has 0 aliphatic carbocycles. The van der Waals surface area contributed by atoms with Crippen LogP contribution in [0.5, 0.6) is 5.75 Å². The summed E-state index contributed by atoms with van der Waals surface area (Å²) >= 11 is 0. The molecule has 4 N–H and O–H groups in total. The highest BCUT2D eigenvalue weighted by Gasteiger charge is 1.99. The van der Waals surface area contributed by atoms with E-state index in [4.69, 9.17) is 5.73 Å². The lowest BCUT2D eigenvalue weighted by Crippen LogP contribution is -2.05. The number of nitrogen functional groups attached to an aromatic ring is 1. The summed E-state index contributed by atoms with van der Waals surface area (Å²) in [6.45, 7) is 0.930. The molecule has 0 fully saturated rings. The normalized spacial score (nSPS) is 10.9. The standard InChI is InChI=1S/C11H16N2O/c1-13-8-3-2-5-9-6-4-7-10(12)11(9)14/h2,4-7,13-14H,3,8,12H2,1H3. The number of anilines is 1. The number of benzene rings is 1. The molecule has 1 aromatic rings. The van der Waals surface area contributed by atoms with Gasteiger partial charge in [-0.05, 0) is 26.1 Å². The van der Waals surface area contributed by atoms with Crippen LogP contribution in [0, 0.1) is 0 Å². The molecule has 0 amide bonds. The second-order valence-corrected chi connectivity index (χ2v) is 3.08. The molecule has 76 valence electrons. The summed E-state index contributed by atoms with van der Waals surface area (Å²) in [7, 11) is 1.91. The number of rotatable bonds is 4. The summed E-state index contributed by atoms with van der Waals surface area (Å²) < 4.78 is 0. The average molecular weight is 192 g/mol. The van der Waals surface area contributed by atoms with Gasteiger partial charge < -0.3 is 16.2 Å². The van der Waals surface area contributed by atoms with Gasteiger partial charge in [0, 0.05) is 5.56 Å². The van der Waals surface area contributed by atoms with E-state index in [-0.39, 0.29) is 5.75 Å². The molecule has 3 nitrogen and oxygen atoms in total. The van der Waals surface area contributed by atoms with Crippen LogP contribution in [0.1, 0.15) is 12.0 Å². The molecule has 0 radical (unpaired) electrons. The molecule has 1 aromatic carbocycles. The molecule has 0 aliphatic heterocycles. The van der Waals surface area contributed by atoms with Crippen LogP contribution < -0.4 is 11.1 Å². The van der Waals surface area contributed by atoms with Crippen LogP contribution in [0.4, 0.5) is 5.69 Å². The molecule has 0 saturated heterocycles. The summed E-state index contributed by atoms with van der Waals surface area (Å²) in [6.07, 6.45) is 4.82. The number of nitrogens with one attached hydrogen (secondary N) is 1. The van der Waals surface area contributed by atoms with Crippen molar-refractivity contribution >= 4 is 11.8 Å². The van der Waals surface area contributed by atoms with Gasteiger partial charge in [-0.1, -0.05) is 24.3 Å². The predicted molar refractivity (Wildman–Crippen MR) is 60.1 cm³/mol. The number of nitrogens with two attached hydrogens (primary N) is 1. The molecule has 0 aromatic heterocycles. The van der Waals surface area contributed by atoms with Crippen molar-refractivity contribution < 1.29 is 5.11 Å². The van der Waals surface area contributed by atoms with Gasteiger partial charge >= 0.3 is 0 Å². The van der Waals surface area contributed by atoms with E-state index < -0.39 is 0 Å². The Bertz CT molecular complexity index is 321. The van der Waals surface area contributed by atoms with Gasteiger partial charge in [0.15, 0.2) is 0 Å². The molecule has 0 unspecified atom stereocenters. The molecule has 3 heteroatoms. The van der Waals surface area contributed by atoms with Gasteiger partial charge in [0.05, 0.1) is 5.69 Å². The Morgan fingerprint density at radius 1 is 1.50 bits per heavy atom. The van der Waals surface area contributed by atoms with Gasteiger partial charge in [-0.2, -0.15) is 0 Å². The van der Waals surface area contributed by atoms with E-state index in [9.17, 15) is 5.11 Å². The summed E-state index contributed by atoms with van der Waals surface area (Å²) in [5.74, 6) is 0.160. The molecule has 14 heavy (non-hydrogen) atoms. The first-order valence-corrected chi connectivity index (χ1v) is 4.64. The Labute approximate surface area is 84.3 Å². The second kappa shape index (κ2) is 5.29. The highest BCUT2D eigenvalue weighted by atomic mass is 16.3. The van der Waals surface area contributed by atoms with E-state index >= 15 is 0 Å². The molecule has 0 spiro atoms. The van der Waals surface area contributed by atoms with E-state index in [0.29, 0.717) is 5.69 Å². The molecule has 0 aliphatic rings. The highest BCUT2D eigenvalue weighted by Crippen LogP contribution is 2.25. The Kier molecular flexibility index (Phi) is 4.01. The lowest BCUT2D eigenvalue weighted by atomic mass is 10.1. The summed E-state index contributed by atoms with van der Waals surface area (Å²) in [5.41, 5.74) is 6.74. The number of phenols is 1. The van der Waals surface area contributed by atoms with Crippen molar-refractivity contribution in [3.8, 4) is 5.75 Å². The molecular weight excluding hydrogens is 176 g/mol. The molecular formula is C11H16N2O. The average Bonchev–Trinajstić information content (AvgIpc) is 2.19. The van der Waals surface area contributed by atoms with Crippen LogP contribution in [-0.4, -0.2) is 18.7 Å². The molecule has 0 saturated carbocycles. The Morgan fingerprint density at radius 3 is 3.00 bits per heavy atom. The fourth-order valence-corrected chi connectivity index (χ4v) is 1.15. The molecule has 0 heterocycles. The maximum atomic E-state index is 9.56. The minimum absolute atomic E-state index is 0.160. The summed E-state index contributed by atoms with van der Waals surface area (Å²) in [6, 6.07) is 5.34. The lowest BCUT2D eigenvalue weighted by Gasteiger charge is -2.01. The summed E-state index contributed by atoms with van der Waals surface area (Å²) in [4.78, 5) is 0. The van der Waals surface area contributed by atoms with Crippen molar-refractivity contribution in [3.05, 3.63) is 29.8 Å². The number of phenolic OH excluding ortho intramolecular Hbond substituents is 1. The third-order valence-electron chi connectivity index (χ3n) is 1.96. The van der Waals surface area contributed by atoms with Gasteiger partial charge in [0.2, 0.25) is 0 Å². The van der Waals surface area contributed by atoms with E-state index in [1.807, 2.05) is 31.3 Å². The maximum Gasteiger partial charge on any atom is 0.145 e. The van der Waals surface area contributed by atoms with Crippen molar-refractivity contribution in [1.29, 1.82) is 0 Å². The van der Waals surface area contributed by atoms with Crippen molar-refractivity contribution in [2.75, 3.05) is 19.3 Å². The Hall–Kier alpha value is -1.48. The zero-order valence-electron chi connectivity index (χ0n) is 8.33. The van der Waals surface area contributed by atoms with E-state index in [1.165, 1.54) is 0 Å². The minimum atomic E-state index is 0.160. The predicted octanol–water partition coefficient (Wildman–Crippen LogP) is 1.60. The van der Waals surface area contributed by atoms with Gasteiger partial charge in [-0.25, -0.2) is 0 Å². The van der Waals surface area contributed by atoms with Gasteiger partial charge in [0.25, 0.3) is 0 Å². The SMILES string of the molecule is CNCCC=Cc1cccc(N)c1O. The van der Waals surface area contributed by atoms with E-state index in [1.54, 1.807) is 6.07 Å². The van der Waals surface area contributed by atoms with Crippen molar-refractivity contribution in [1.82, 2.24) is 5.32 Å². The first kappa shape index (κ1) is 10.6. The molecule has 0 bridgehead atoms. The van der Waals surface area contributed by atoms with E-state index in [0.717, 1.165) is 18.5 Å².